The van der Waals surface area contributed by atoms with Gasteiger partial charge in [0, 0.05) is 22.8 Å². The molecule has 0 saturated carbocycles. The summed E-state index contributed by atoms with van der Waals surface area (Å²) in [6.45, 7) is 4.06. The van der Waals surface area contributed by atoms with E-state index in [1.54, 1.807) is 0 Å². The van der Waals surface area contributed by atoms with E-state index >= 15 is 0 Å². The third kappa shape index (κ3) is 4.53. The maximum absolute atomic E-state index is 13.7. The van der Waals surface area contributed by atoms with Gasteiger partial charge in [-0.1, -0.05) is 26.7 Å². The molecule has 6 nitrogen and oxygen atoms in total. The highest BCUT2D eigenvalue weighted by atomic mass is 35.7. The maximum Gasteiger partial charge on any atom is 0.312 e. The molecule has 0 spiro atoms. The van der Waals surface area contributed by atoms with Gasteiger partial charge in [0.05, 0.1) is 11.5 Å². The zero-order chi connectivity index (χ0) is 16.2. The van der Waals surface area contributed by atoms with Crippen molar-refractivity contribution in [2.75, 3.05) is 6.61 Å². The van der Waals surface area contributed by atoms with E-state index in [-0.39, 0.29) is 18.3 Å². The number of ether oxygens (including phenoxy) is 1. The van der Waals surface area contributed by atoms with Crippen LogP contribution in [0.25, 0.3) is 0 Å². The van der Waals surface area contributed by atoms with Crippen molar-refractivity contribution in [2.24, 2.45) is 5.92 Å². The predicted octanol–water partition coefficient (Wildman–Crippen LogP) is 3.48. The monoisotopic (exact) mass is 339 g/mol. The van der Waals surface area contributed by atoms with Crippen molar-refractivity contribution >= 4 is 25.4 Å². The fraction of sp³-hybridized carbons (Fsp3) is 0.500. The summed E-state index contributed by atoms with van der Waals surface area (Å²) in [5, 5.41) is 11.0. The molecule has 0 fully saturated rings. The van der Waals surface area contributed by atoms with E-state index in [4.69, 9.17) is 15.4 Å². The topological polar surface area (TPSA) is 86.5 Å². The molecule has 1 aromatic rings. The molecule has 0 unspecified atom stereocenters. The zero-order valence-corrected chi connectivity index (χ0v) is 13.1. The summed E-state index contributed by atoms with van der Waals surface area (Å²) in [6.07, 6.45) is 1.61. The summed E-state index contributed by atoms with van der Waals surface area (Å²) >= 11 is 0. The normalized spacial score (nSPS) is 11.7. The first-order chi connectivity index (χ1) is 9.70. The van der Waals surface area contributed by atoms with Crippen LogP contribution in [0.4, 0.5) is 10.1 Å². The number of nitro benzene ring substituents is 1. The average Bonchev–Trinajstić information content (AvgIpc) is 2.38. The SMILES string of the molecule is CCC(CC)COc1cc(F)c(S(=O)(=O)Cl)cc1[N+](=O)[O-]. The number of hydrogen-bond acceptors (Lipinski definition) is 5. The molecule has 9 heteroatoms. The molecule has 0 N–H and O–H groups in total. The minimum atomic E-state index is -4.41. The highest BCUT2D eigenvalue weighted by Crippen LogP contribution is 2.33. The van der Waals surface area contributed by atoms with Gasteiger partial charge in [0.1, 0.15) is 10.7 Å². The van der Waals surface area contributed by atoms with Crippen LogP contribution in [0.3, 0.4) is 0 Å². The Morgan fingerprint density at radius 1 is 1.38 bits per heavy atom. The van der Waals surface area contributed by atoms with E-state index in [1.807, 2.05) is 13.8 Å². The Labute approximate surface area is 126 Å². The average molecular weight is 340 g/mol. The smallest absolute Gasteiger partial charge is 0.312 e. The van der Waals surface area contributed by atoms with Gasteiger partial charge in [0.2, 0.25) is 0 Å². The quantitative estimate of drug-likeness (QED) is 0.431. The van der Waals surface area contributed by atoms with Crippen LogP contribution in [0.5, 0.6) is 5.75 Å². The highest BCUT2D eigenvalue weighted by Gasteiger charge is 2.26. The Balaban J connectivity index is 3.21. The molecule has 118 valence electrons. The number of hydrogen-bond donors (Lipinski definition) is 0. The number of halogens is 2. The fourth-order valence-corrected chi connectivity index (χ4v) is 2.60. The van der Waals surface area contributed by atoms with Crippen molar-refractivity contribution in [1.82, 2.24) is 0 Å². The van der Waals surface area contributed by atoms with E-state index in [2.05, 4.69) is 0 Å². The van der Waals surface area contributed by atoms with Crippen molar-refractivity contribution in [3.05, 3.63) is 28.1 Å². The standard InChI is InChI=1S/C12H15ClFNO5S/c1-3-8(4-2)7-20-11-5-9(14)12(21(13,18)19)6-10(11)15(16)17/h5-6,8H,3-4,7H2,1-2H3. The Kier molecular flexibility index (Phi) is 5.91. The number of nitrogens with zero attached hydrogens (tertiary/aromatic N) is 1. The summed E-state index contributed by atoms with van der Waals surface area (Å²) in [7, 11) is 0.624. The van der Waals surface area contributed by atoms with Gasteiger partial charge < -0.3 is 4.74 Å². The second-order valence-corrected chi connectivity index (χ2v) is 6.97. The Hall–Kier alpha value is -1.41. The van der Waals surface area contributed by atoms with Crippen LogP contribution in [0, 0.1) is 21.8 Å². The Morgan fingerprint density at radius 2 is 1.95 bits per heavy atom. The van der Waals surface area contributed by atoms with Gasteiger partial charge in [-0.25, -0.2) is 12.8 Å². The van der Waals surface area contributed by atoms with Crippen LogP contribution in [-0.4, -0.2) is 19.9 Å². The summed E-state index contributed by atoms with van der Waals surface area (Å²) in [6, 6.07) is 1.25. The van der Waals surface area contributed by atoms with Crippen LogP contribution >= 0.6 is 10.7 Å². The van der Waals surface area contributed by atoms with Crippen LogP contribution in [0.2, 0.25) is 0 Å². The third-order valence-electron chi connectivity index (χ3n) is 3.10. The summed E-state index contributed by atoms with van der Waals surface area (Å²) in [4.78, 5) is 9.18. The fourth-order valence-electron chi connectivity index (χ4n) is 1.70. The van der Waals surface area contributed by atoms with Crippen molar-refractivity contribution in [3.63, 3.8) is 0 Å². The molecule has 0 aliphatic carbocycles. The largest absolute Gasteiger partial charge is 0.486 e. The van der Waals surface area contributed by atoms with Gasteiger partial charge in [-0.2, -0.15) is 0 Å². The summed E-state index contributed by atoms with van der Waals surface area (Å²) in [5.41, 5.74) is -0.637. The van der Waals surface area contributed by atoms with Gasteiger partial charge in [0.25, 0.3) is 9.05 Å². The summed E-state index contributed by atoms with van der Waals surface area (Å²) < 4.78 is 41.3. The van der Waals surface area contributed by atoms with Crippen molar-refractivity contribution in [2.45, 2.75) is 31.6 Å². The van der Waals surface area contributed by atoms with Gasteiger partial charge in [-0.15, -0.1) is 0 Å². The maximum atomic E-state index is 13.7. The lowest BCUT2D eigenvalue weighted by Crippen LogP contribution is -2.11. The van der Waals surface area contributed by atoms with Gasteiger partial charge in [-0.3, -0.25) is 10.1 Å². The first-order valence-electron chi connectivity index (χ1n) is 6.26. The lowest BCUT2D eigenvalue weighted by Gasteiger charge is -2.14. The summed E-state index contributed by atoms with van der Waals surface area (Å²) in [5.74, 6) is -1.33. The molecule has 0 aliphatic rings. The molecule has 21 heavy (non-hydrogen) atoms. The van der Waals surface area contributed by atoms with Crippen LogP contribution in [0.15, 0.2) is 17.0 Å². The lowest BCUT2D eigenvalue weighted by atomic mass is 10.1. The number of rotatable bonds is 7. The van der Waals surface area contributed by atoms with E-state index in [9.17, 15) is 22.9 Å². The molecule has 0 radical (unpaired) electrons. The molecular weight excluding hydrogens is 325 g/mol. The van der Waals surface area contributed by atoms with Crippen molar-refractivity contribution < 1.29 is 22.5 Å². The molecule has 0 amide bonds. The minimum absolute atomic E-state index is 0.170. The molecule has 0 aliphatic heterocycles. The lowest BCUT2D eigenvalue weighted by molar-refractivity contribution is -0.386. The van der Waals surface area contributed by atoms with Crippen molar-refractivity contribution in [3.8, 4) is 5.75 Å². The molecule has 0 atom stereocenters. The van der Waals surface area contributed by atoms with Gasteiger partial charge >= 0.3 is 5.69 Å². The Bertz CT molecular complexity index is 631. The van der Waals surface area contributed by atoms with Crippen molar-refractivity contribution in [1.29, 1.82) is 0 Å². The Morgan fingerprint density at radius 3 is 2.38 bits per heavy atom. The number of benzene rings is 1. The van der Waals surface area contributed by atoms with Crippen LogP contribution in [0.1, 0.15) is 26.7 Å². The van der Waals surface area contributed by atoms with E-state index < -0.39 is 30.4 Å². The highest BCUT2D eigenvalue weighted by molar-refractivity contribution is 8.13. The zero-order valence-electron chi connectivity index (χ0n) is 11.5. The second kappa shape index (κ2) is 7.04. The molecule has 0 heterocycles. The van der Waals surface area contributed by atoms with E-state index in [0.29, 0.717) is 12.1 Å². The first kappa shape index (κ1) is 17.6. The molecule has 0 bridgehead atoms. The van der Waals surface area contributed by atoms with Gasteiger partial charge in [-0.05, 0) is 5.92 Å². The molecule has 0 saturated heterocycles. The van der Waals surface area contributed by atoms with Crippen LogP contribution < -0.4 is 4.74 Å². The first-order valence-corrected chi connectivity index (χ1v) is 8.57. The van der Waals surface area contributed by atoms with Crippen LogP contribution in [-0.2, 0) is 9.05 Å². The van der Waals surface area contributed by atoms with E-state index in [0.717, 1.165) is 12.8 Å². The minimum Gasteiger partial charge on any atom is -0.486 e. The van der Waals surface area contributed by atoms with E-state index in [1.165, 1.54) is 0 Å². The molecular formula is C12H15ClFNO5S. The molecule has 1 aromatic carbocycles. The molecule has 1 rings (SSSR count). The van der Waals surface area contributed by atoms with Gasteiger partial charge in [0.15, 0.2) is 5.75 Å². The molecule has 0 aromatic heterocycles. The third-order valence-corrected chi connectivity index (χ3v) is 4.44. The predicted molar refractivity (Wildman–Crippen MR) is 75.7 cm³/mol. The second-order valence-electron chi connectivity index (χ2n) is 4.44. The number of nitro groups is 1.